The predicted molar refractivity (Wildman–Crippen MR) is 103 cm³/mol. The Hall–Kier alpha value is -1.92. The number of carbonyl (C=O) groups excluding carboxylic acids is 2. The van der Waals surface area contributed by atoms with Gasteiger partial charge >= 0.3 is 0 Å². The Bertz CT molecular complexity index is 692. The van der Waals surface area contributed by atoms with Crippen LogP contribution in [0.2, 0.25) is 0 Å². The maximum Gasteiger partial charge on any atom is 0.236 e. The van der Waals surface area contributed by atoms with Crippen LogP contribution in [0.25, 0.3) is 0 Å². The van der Waals surface area contributed by atoms with Crippen LogP contribution in [0.1, 0.15) is 69.5 Å². The first-order valence-electron chi connectivity index (χ1n) is 10.9. The van der Waals surface area contributed by atoms with Crippen LogP contribution in [0, 0.1) is 18.3 Å². The van der Waals surface area contributed by atoms with Crippen LogP contribution in [0.4, 0.5) is 0 Å². The molecule has 1 aromatic heterocycles. The maximum absolute atomic E-state index is 12.5. The number of nitrogens with zero attached hydrogens (tertiary/aromatic N) is 4. The lowest BCUT2D eigenvalue weighted by Gasteiger charge is -2.46. The summed E-state index contributed by atoms with van der Waals surface area (Å²) in [5.74, 6) is 1.99. The summed E-state index contributed by atoms with van der Waals surface area (Å²) in [4.78, 5) is 33.1. The molecular formula is C21H32N4O3. The Balaban J connectivity index is 1.21. The van der Waals surface area contributed by atoms with E-state index in [1.54, 1.807) is 6.92 Å². The lowest BCUT2D eigenvalue weighted by Crippen LogP contribution is -2.45. The Kier molecular flexibility index (Phi) is 5.69. The van der Waals surface area contributed by atoms with Gasteiger partial charge in [0.2, 0.25) is 17.7 Å². The summed E-state index contributed by atoms with van der Waals surface area (Å²) in [6.45, 7) is 5.33. The molecule has 2 amide bonds. The van der Waals surface area contributed by atoms with E-state index in [2.05, 4.69) is 15.0 Å². The number of carbonyl (C=O) groups is 2. The number of piperidine rings is 1. The van der Waals surface area contributed by atoms with Crippen molar-refractivity contribution < 1.29 is 14.1 Å². The monoisotopic (exact) mass is 388 g/mol. The van der Waals surface area contributed by atoms with Crippen molar-refractivity contribution in [2.24, 2.45) is 11.3 Å². The Morgan fingerprint density at radius 3 is 2.25 bits per heavy atom. The third kappa shape index (κ3) is 4.39. The van der Waals surface area contributed by atoms with Crippen molar-refractivity contribution in [3.8, 4) is 0 Å². The number of amides is 2. The summed E-state index contributed by atoms with van der Waals surface area (Å²) < 4.78 is 5.08. The van der Waals surface area contributed by atoms with E-state index < -0.39 is 0 Å². The van der Waals surface area contributed by atoms with Crippen LogP contribution in [0.5, 0.6) is 0 Å². The molecule has 0 N–H and O–H groups in total. The molecule has 154 valence electrons. The maximum atomic E-state index is 12.5. The van der Waals surface area contributed by atoms with Crippen molar-refractivity contribution >= 4 is 11.8 Å². The van der Waals surface area contributed by atoms with Gasteiger partial charge in [-0.05, 0) is 69.6 Å². The van der Waals surface area contributed by atoms with Gasteiger partial charge in [0.05, 0.1) is 0 Å². The molecule has 1 saturated carbocycles. The second-order valence-electron chi connectivity index (χ2n) is 9.03. The predicted octanol–water partition coefficient (Wildman–Crippen LogP) is 2.73. The minimum absolute atomic E-state index is 0.0865. The number of aryl methyl sites for hydroxylation is 1. The standard InChI is InChI=1S/C21H32N4O3/c1-16-22-18(28-23-16)15-20(27)25-12-8-21(9-13-25)6-4-17(5-7-21)14-19(26)24-10-2-3-11-24/h17H,2-15H2,1H3. The first-order valence-corrected chi connectivity index (χ1v) is 10.9. The van der Waals surface area contributed by atoms with Gasteiger partial charge in [0, 0.05) is 32.6 Å². The van der Waals surface area contributed by atoms with E-state index in [-0.39, 0.29) is 12.3 Å². The minimum Gasteiger partial charge on any atom is -0.343 e. The van der Waals surface area contributed by atoms with E-state index in [9.17, 15) is 9.59 Å². The third-order valence-corrected chi connectivity index (χ3v) is 7.14. The van der Waals surface area contributed by atoms with Crippen molar-refractivity contribution in [2.75, 3.05) is 26.2 Å². The van der Waals surface area contributed by atoms with E-state index in [0.717, 1.165) is 58.3 Å². The molecule has 3 fully saturated rings. The molecule has 2 aliphatic heterocycles. The van der Waals surface area contributed by atoms with Crippen LogP contribution < -0.4 is 0 Å². The molecule has 0 atom stereocenters. The van der Waals surface area contributed by atoms with Crippen LogP contribution in [0.3, 0.4) is 0 Å². The molecule has 4 rings (SSSR count). The van der Waals surface area contributed by atoms with Gasteiger partial charge in [-0.1, -0.05) is 5.16 Å². The smallest absolute Gasteiger partial charge is 0.236 e. The molecule has 7 nitrogen and oxygen atoms in total. The first-order chi connectivity index (χ1) is 13.5. The van der Waals surface area contributed by atoms with E-state index >= 15 is 0 Å². The van der Waals surface area contributed by atoms with Crippen LogP contribution in [0.15, 0.2) is 4.52 Å². The van der Waals surface area contributed by atoms with E-state index in [1.165, 1.54) is 25.7 Å². The number of likely N-dealkylation sites (tertiary alicyclic amines) is 2. The molecule has 0 bridgehead atoms. The molecule has 1 aliphatic carbocycles. The average molecular weight is 389 g/mol. The van der Waals surface area contributed by atoms with Crippen LogP contribution in [-0.2, 0) is 16.0 Å². The van der Waals surface area contributed by atoms with Gasteiger partial charge in [-0.2, -0.15) is 4.98 Å². The van der Waals surface area contributed by atoms with Gasteiger partial charge in [0.15, 0.2) is 5.82 Å². The number of hydrogen-bond acceptors (Lipinski definition) is 5. The number of rotatable bonds is 4. The third-order valence-electron chi connectivity index (χ3n) is 7.14. The topological polar surface area (TPSA) is 79.5 Å². The number of aromatic nitrogens is 2. The van der Waals surface area contributed by atoms with Gasteiger partial charge in [0.1, 0.15) is 6.42 Å². The summed E-state index contributed by atoms with van der Waals surface area (Å²) in [5.41, 5.74) is 0.380. The summed E-state index contributed by atoms with van der Waals surface area (Å²) in [6, 6.07) is 0. The molecule has 0 unspecified atom stereocenters. The van der Waals surface area contributed by atoms with Crippen molar-refractivity contribution in [3.05, 3.63) is 11.7 Å². The van der Waals surface area contributed by atoms with Crippen molar-refractivity contribution in [1.82, 2.24) is 19.9 Å². The Morgan fingerprint density at radius 1 is 1.00 bits per heavy atom. The van der Waals surface area contributed by atoms with Gasteiger partial charge in [-0.3, -0.25) is 9.59 Å². The molecule has 2 saturated heterocycles. The zero-order valence-electron chi connectivity index (χ0n) is 17.0. The SMILES string of the molecule is Cc1noc(CC(=O)N2CCC3(CCC(CC(=O)N4CCCC4)CC3)CC2)n1. The van der Waals surface area contributed by atoms with E-state index in [1.807, 2.05) is 4.90 Å². The van der Waals surface area contributed by atoms with Crippen LogP contribution >= 0.6 is 0 Å². The van der Waals surface area contributed by atoms with E-state index in [0.29, 0.717) is 29.0 Å². The molecule has 0 aromatic carbocycles. The minimum atomic E-state index is 0.0865. The van der Waals surface area contributed by atoms with Gasteiger partial charge in [-0.25, -0.2) is 0 Å². The fraction of sp³-hybridized carbons (Fsp3) is 0.810. The highest BCUT2D eigenvalue weighted by Gasteiger charge is 2.39. The zero-order valence-corrected chi connectivity index (χ0v) is 17.0. The Labute approximate surface area is 166 Å². The molecular weight excluding hydrogens is 356 g/mol. The summed E-state index contributed by atoms with van der Waals surface area (Å²) in [5, 5.41) is 3.75. The molecule has 28 heavy (non-hydrogen) atoms. The highest BCUT2D eigenvalue weighted by molar-refractivity contribution is 5.78. The average Bonchev–Trinajstić information content (AvgIpc) is 3.36. The van der Waals surface area contributed by atoms with Gasteiger partial charge < -0.3 is 14.3 Å². The lowest BCUT2D eigenvalue weighted by atomic mass is 9.65. The summed E-state index contributed by atoms with van der Waals surface area (Å²) in [7, 11) is 0. The van der Waals surface area contributed by atoms with Gasteiger partial charge in [-0.15, -0.1) is 0 Å². The molecule has 7 heteroatoms. The molecule has 1 aromatic rings. The molecule has 0 radical (unpaired) electrons. The number of hydrogen-bond donors (Lipinski definition) is 0. The first kappa shape index (κ1) is 19.4. The zero-order chi connectivity index (χ0) is 19.6. The molecule has 3 aliphatic rings. The summed E-state index contributed by atoms with van der Waals surface area (Å²) >= 11 is 0. The quantitative estimate of drug-likeness (QED) is 0.792. The molecule has 1 spiro atoms. The normalized spacial score (nSPS) is 22.8. The fourth-order valence-corrected chi connectivity index (χ4v) is 5.22. The highest BCUT2D eigenvalue weighted by atomic mass is 16.5. The van der Waals surface area contributed by atoms with E-state index in [4.69, 9.17) is 4.52 Å². The fourth-order valence-electron chi connectivity index (χ4n) is 5.22. The highest BCUT2D eigenvalue weighted by Crippen LogP contribution is 2.47. The van der Waals surface area contributed by atoms with Gasteiger partial charge in [0.25, 0.3) is 0 Å². The Morgan fingerprint density at radius 2 is 1.64 bits per heavy atom. The van der Waals surface area contributed by atoms with Crippen molar-refractivity contribution in [1.29, 1.82) is 0 Å². The molecule has 3 heterocycles. The van der Waals surface area contributed by atoms with Crippen LogP contribution in [-0.4, -0.2) is 57.9 Å². The second-order valence-corrected chi connectivity index (χ2v) is 9.03. The second kappa shape index (κ2) is 8.21. The largest absolute Gasteiger partial charge is 0.343 e. The lowest BCUT2D eigenvalue weighted by molar-refractivity contribution is -0.135. The van der Waals surface area contributed by atoms with Crippen molar-refractivity contribution in [2.45, 2.75) is 71.1 Å². The van der Waals surface area contributed by atoms with Crippen molar-refractivity contribution in [3.63, 3.8) is 0 Å². The summed E-state index contributed by atoms with van der Waals surface area (Å²) in [6.07, 6.45) is 10.2.